The van der Waals surface area contributed by atoms with Crippen LogP contribution in [0.3, 0.4) is 0 Å². The first-order valence-corrected chi connectivity index (χ1v) is 11.1. The number of esters is 2. The van der Waals surface area contributed by atoms with Crippen LogP contribution < -0.4 is 0 Å². The van der Waals surface area contributed by atoms with Gasteiger partial charge in [0.05, 0.1) is 25.6 Å². The van der Waals surface area contributed by atoms with Crippen LogP contribution in [0.25, 0.3) is 0 Å². The summed E-state index contributed by atoms with van der Waals surface area (Å²) < 4.78 is 9.57. The van der Waals surface area contributed by atoms with Crippen molar-refractivity contribution < 1.29 is 28.7 Å². The Bertz CT molecular complexity index is 556. The molecular weight excluding hydrogens is 372 g/mol. The third-order valence-electron chi connectivity index (χ3n) is 5.93. The SMILES string of the molecule is CCOC(=O)C(C)CC1CCCCC1=O.COC(=O)C(C)CC1CCCCC1=O. The van der Waals surface area contributed by atoms with E-state index in [1.807, 2.05) is 13.8 Å². The van der Waals surface area contributed by atoms with Crippen molar-refractivity contribution in [2.75, 3.05) is 13.7 Å². The van der Waals surface area contributed by atoms with E-state index in [-0.39, 0.29) is 35.6 Å². The number of ketones is 2. The van der Waals surface area contributed by atoms with Crippen molar-refractivity contribution in [1.82, 2.24) is 0 Å². The molecule has 4 unspecified atom stereocenters. The van der Waals surface area contributed by atoms with E-state index in [0.717, 1.165) is 38.5 Å². The summed E-state index contributed by atoms with van der Waals surface area (Å²) in [6.07, 6.45) is 8.87. The molecule has 0 bridgehead atoms. The van der Waals surface area contributed by atoms with Crippen molar-refractivity contribution >= 4 is 23.5 Å². The molecule has 29 heavy (non-hydrogen) atoms. The Morgan fingerprint density at radius 1 is 0.862 bits per heavy atom. The highest BCUT2D eigenvalue weighted by Gasteiger charge is 2.27. The van der Waals surface area contributed by atoms with Gasteiger partial charge in [0.15, 0.2) is 0 Å². The van der Waals surface area contributed by atoms with Gasteiger partial charge in [-0.2, -0.15) is 0 Å². The molecule has 2 rings (SSSR count). The highest BCUT2D eigenvalue weighted by Crippen LogP contribution is 2.27. The predicted octanol–water partition coefficient (Wildman–Crippen LogP) is 4.28. The third kappa shape index (κ3) is 9.09. The second-order valence-corrected chi connectivity index (χ2v) is 8.37. The number of ether oxygens (including phenoxy) is 2. The number of carbonyl (C=O) groups excluding carboxylic acids is 4. The van der Waals surface area contributed by atoms with Crippen LogP contribution >= 0.6 is 0 Å². The number of rotatable bonds is 7. The van der Waals surface area contributed by atoms with E-state index in [4.69, 9.17) is 4.74 Å². The first kappa shape index (κ1) is 25.3. The maximum atomic E-state index is 11.6. The lowest BCUT2D eigenvalue weighted by atomic mass is 9.82. The number of Topliss-reactive ketones (excluding diaryl/α,β-unsaturated/α-hetero) is 2. The van der Waals surface area contributed by atoms with Crippen LogP contribution in [0.1, 0.15) is 85.0 Å². The van der Waals surface area contributed by atoms with E-state index in [9.17, 15) is 19.2 Å². The van der Waals surface area contributed by atoms with Crippen molar-refractivity contribution in [1.29, 1.82) is 0 Å². The molecule has 0 aromatic heterocycles. The molecule has 0 amide bonds. The number of hydrogen-bond acceptors (Lipinski definition) is 6. The Morgan fingerprint density at radius 3 is 1.69 bits per heavy atom. The molecule has 0 aromatic rings. The van der Waals surface area contributed by atoms with E-state index in [2.05, 4.69) is 4.74 Å². The summed E-state index contributed by atoms with van der Waals surface area (Å²) in [5.74, 6) is 0.184. The molecule has 0 N–H and O–H groups in total. The molecule has 166 valence electrons. The Morgan fingerprint density at radius 2 is 1.31 bits per heavy atom. The van der Waals surface area contributed by atoms with Crippen molar-refractivity contribution in [3.63, 3.8) is 0 Å². The lowest BCUT2D eigenvalue weighted by molar-refractivity contribution is -0.148. The smallest absolute Gasteiger partial charge is 0.308 e. The quantitative estimate of drug-likeness (QED) is 0.582. The second-order valence-electron chi connectivity index (χ2n) is 8.37. The Labute approximate surface area is 175 Å². The Kier molecular flexibility index (Phi) is 11.8. The first-order valence-electron chi connectivity index (χ1n) is 11.1. The molecule has 2 saturated carbocycles. The highest BCUT2D eigenvalue weighted by atomic mass is 16.5. The fraction of sp³-hybridized carbons (Fsp3) is 0.826. The van der Waals surface area contributed by atoms with Crippen molar-refractivity contribution in [3.8, 4) is 0 Å². The summed E-state index contributed by atoms with van der Waals surface area (Å²) in [4.78, 5) is 45.6. The van der Waals surface area contributed by atoms with Crippen LogP contribution in [0.4, 0.5) is 0 Å². The van der Waals surface area contributed by atoms with Crippen molar-refractivity contribution in [3.05, 3.63) is 0 Å². The average Bonchev–Trinajstić information content (AvgIpc) is 2.71. The fourth-order valence-electron chi connectivity index (χ4n) is 4.14. The zero-order chi connectivity index (χ0) is 21.8. The average molecular weight is 411 g/mol. The summed E-state index contributed by atoms with van der Waals surface area (Å²) >= 11 is 0. The molecule has 0 radical (unpaired) electrons. The van der Waals surface area contributed by atoms with Gasteiger partial charge in [-0.15, -0.1) is 0 Å². The standard InChI is InChI=1S/C12H20O3.C11H18O3/c1-3-15-12(14)9(2)8-10-6-4-5-7-11(10)13;1-8(11(13)14-2)7-9-5-3-4-6-10(9)12/h9-10H,3-8H2,1-2H3;8-9H,3-7H2,1-2H3. The number of carbonyl (C=O) groups is 4. The molecule has 0 aliphatic heterocycles. The normalized spacial score (nSPS) is 24.0. The van der Waals surface area contributed by atoms with Crippen LogP contribution in [0, 0.1) is 23.7 Å². The number of methoxy groups -OCH3 is 1. The minimum atomic E-state index is -0.205. The molecule has 2 aliphatic carbocycles. The van der Waals surface area contributed by atoms with Crippen molar-refractivity contribution in [2.45, 2.75) is 85.0 Å². The van der Waals surface area contributed by atoms with E-state index in [1.54, 1.807) is 6.92 Å². The topological polar surface area (TPSA) is 86.7 Å². The summed E-state index contributed by atoms with van der Waals surface area (Å²) in [6.45, 7) is 5.89. The van der Waals surface area contributed by atoms with Crippen molar-refractivity contribution in [2.24, 2.45) is 23.7 Å². The van der Waals surface area contributed by atoms with Gasteiger partial charge in [0.25, 0.3) is 0 Å². The molecule has 6 nitrogen and oxygen atoms in total. The van der Waals surface area contributed by atoms with Gasteiger partial charge in [-0.3, -0.25) is 19.2 Å². The second kappa shape index (κ2) is 13.5. The third-order valence-corrected chi connectivity index (χ3v) is 5.93. The lowest BCUT2D eigenvalue weighted by Gasteiger charge is -2.22. The van der Waals surface area contributed by atoms with Gasteiger partial charge in [0.2, 0.25) is 0 Å². The molecule has 0 aromatic carbocycles. The van der Waals surface area contributed by atoms with Gasteiger partial charge < -0.3 is 9.47 Å². The Balaban J connectivity index is 0.000000291. The predicted molar refractivity (Wildman–Crippen MR) is 110 cm³/mol. The summed E-state index contributed by atoms with van der Waals surface area (Å²) in [7, 11) is 1.39. The summed E-state index contributed by atoms with van der Waals surface area (Å²) in [5, 5.41) is 0. The van der Waals surface area contributed by atoms with Gasteiger partial charge in [-0.05, 0) is 45.4 Å². The molecular formula is C23H38O6. The molecule has 0 heterocycles. The van der Waals surface area contributed by atoms with Crippen LogP contribution in [0.5, 0.6) is 0 Å². The largest absolute Gasteiger partial charge is 0.469 e. The van der Waals surface area contributed by atoms with Crippen LogP contribution in [-0.2, 0) is 28.7 Å². The van der Waals surface area contributed by atoms with Crippen LogP contribution in [-0.4, -0.2) is 37.2 Å². The molecule has 0 spiro atoms. The zero-order valence-electron chi connectivity index (χ0n) is 18.5. The van der Waals surface area contributed by atoms with Gasteiger partial charge in [0.1, 0.15) is 11.6 Å². The van der Waals surface area contributed by atoms with Gasteiger partial charge in [-0.25, -0.2) is 0 Å². The van der Waals surface area contributed by atoms with E-state index in [1.165, 1.54) is 7.11 Å². The molecule has 2 fully saturated rings. The first-order chi connectivity index (χ1) is 13.8. The monoisotopic (exact) mass is 410 g/mol. The summed E-state index contributed by atoms with van der Waals surface area (Å²) in [5.41, 5.74) is 0. The number of hydrogen-bond donors (Lipinski definition) is 0. The van der Waals surface area contributed by atoms with E-state index >= 15 is 0 Å². The van der Waals surface area contributed by atoms with Gasteiger partial charge in [-0.1, -0.05) is 26.7 Å². The molecule has 6 heteroatoms. The minimum Gasteiger partial charge on any atom is -0.469 e. The maximum Gasteiger partial charge on any atom is 0.308 e. The van der Waals surface area contributed by atoms with Crippen LogP contribution in [0.2, 0.25) is 0 Å². The zero-order valence-corrected chi connectivity index (χ0v) is 18.5. The van der Waals surface area contributed by atoms with E-state index in [0.29, 0.717) is 43.9 Å². The molecule has 2 aliphatic rings. The lowest BCUT2D eigenvalue weighted by Crippen LogP contribution is -2.25. The summed E-state index contributed by atoms with van der Waals surface area (Å²) in [6, 6.07) is 0. The fourth-order valence-corrected chi connectivity index (χ4v) is 4.14. The van der Waals surface area contributed by atoms with E-state index < -0.39 is 0 Å². The minimum absolute atomic E-state index is 0.0952. The molecule has 0 saturated heterocycles. The van der Waals surface area contributed by atoms with Gasteiger partial charge in [0, 0.05) is 24.7 Å². The van der Waals surface area contributed by atoms with Crippen LogP contribution in [0.15, 0.2) is 0 Å². The molecule has 4 atom stereocenters. The Hall–Kier alpha value is -1.72. The highest BCUT2D eigenvalue weighted by molar-refractivity contribution is 5.83. The maximum absolute atomic E-state index is 11.6. The van der Waals surface area contributed by atoms with Gasteiger partial charge >= 0.3 is 11.9 Å².